The molecule has 9 heteroatoms. The molecule has 0 aliphatic heterocycles. The quantitative estimate of drug-likeness (QED) is 0.371. The zero-order chi connectivity index (χ0) is 19.9. The van der Waals surface area contributed by atoms with E-state index < -0.39 is 40.6 Å². The molecule has 1 aromatic rings. The molecule has 1 rings (SSSR count). The summed E-state index contributed by atoms with van der Waals surface area (Å²) in [6.45, 7) is 7.58. The van der Waals surface area contributed by atoms with E-state index in [0.29, 0.717) is 6.61 Å². The Kier molecular flexibility index (Phi) is 8.45. The number of esters is 1. The zero-order valence-electron chi connectivity index (χ0n) is 15.3. The highest BCUT2D eigenvalue weighted by molar-refractivity contribution is 7.85. The van der Waals surface area contributed by atoms with Crippen LogP contribution in [0.4, 0.5) is 4.39 Å². The second-order valence-corrected chi connectivity index (χ2v) is 8.10. The van der Waals surface area contributed by atoms with Crippen molar-refractivity contribution in [3.63, 3.8) is 0 Å². The van der Waals surface area contributed by atoms with Crippen molar-refractivity contribution in [2.45, 2.75) is 34.0 Å². The van der Waals surface area contributed by atoms with Crippen LogP contribution in [0, 0.1) is 17.7 Å². The summed E-state index contributed by atoms with van der Waals surface area (Å²) >= 11 is 0. The summed E-state index contributed by atoms with van der Waals surface area (Å²) in [7, 11) is -4.23. The highest BCUT2D eigenvalue weighted by atomic mass is 32.2. The van der Waals surface area contributed by atoms with Crippen LogP contribution in [0.15, 0.2) is 18.2 Å². The summed E-state index contributed by atoms with van der Waals surface area (Å²) in [5, 5.41) is 0. The predicted molar refractivity (Wildman–Crippen MR) is 93.1 cm³/mol. The molecule has 26 heavy (non-hydrogen) atoms. The maximum absolute atomic E-state index is 14.0. The lowest BCUT2D eigenvalue weighted by Gasteiger charge is -2.24. The second-order valence-electron chi connectivity index (χ2n) is 6.52. The van der Waals surface area contributed by atoms with E-state index in [-0.39, 0.29) is 23.1 Å². The third-order valence-corrected chi connectivity index (χ3v) is 3.81. The Morgan fingerprint density at radius 3 is 2.42 bits per heavy atom. The van der Waals surface area contributed by atoms with Gasteiger partial charge in [-0.3, -0.25) is 4.55 Å². The van der Waals surface area contributed by atoms with Gasteiger partial charge in [0, 0.05) is 5.92 Å². The molecular weight excluding hydrogens is 367 g/mol. The number of hydrogen-bond acceptors (Lipinski definition) is 6. The van der Waals surface area contributed by atoms with Gasteiger partial charge in [-0.1, -0.05) is 27.7 Å². The van der Waals surface area contributed by atoms with Gasteiger partial charge in [0.15, 0.2) is 11.6 Å². The van der Waals surface area contributed by atoms with Gasteiger partial charge < -0.3 is 14.2 Å². The van der Waals surface area contributed by atoms with Gasteiger partial charge in [0.1, 0.15) is 12.4 Å². The van der Waals surface area contributed by atoms with Gasteiger partial charge in [-0.25, -0.2) is 9.18 Å². The molecule has 1 N–H and O–H groups in total. The van der Waals surface area contributed by atoms with Gasteiger partial charge in [-0.2, -0.15) is 8.42 Å². The summed E-state index contributed by atoms with van der Waals surface area (Å²) in [6, 6.07) is 3.41. The summed E-state index contributed by atoms with van der Waals surface area (Å²) in [4.78, 5) is 11.9. The van der Waals surface area contributed by atoms with Crippen LogP contribution in [-0.2, 0) is 19.6 Å². The van der Waals surface area contributed by atoms with E-state index in [1.54, 1.807) is 0 Å². The van der Waals surface area contributed by atoms with Crippen LogP contribution in [0.25, 0.3) is 0 Å². The van der Waals surface area contributed by atoms with E-state index in [1.807, 2.05) is 27.7 Å². The van der Waals surface area contributed by atoms with Crippen LogP contribution >= 0.6 is 0 Å². The summed E-state index contributed by atoms with van der Waals surface area (Å²) in [5.41, 5.74) is -0.0110. The first-order valence-corrected chi connectivity index (χ1v) is 9.80. The highest BCUT2D eigenvalue weighted by Crippen LogP contribution is 2.23. The average Bonchev–Trinajstić information content (AvgIpc) is 2.51. The van der Waals surface area contributed by atoms with Crippen LogP contribution in [0.1, 0.15) is 38.1 Å². The van der Waals surface area contributed by atoms with E-state index in [0.717, 1.165) is 6.07 Å². The van der Waals surface area contributed by atoms with E-state index in [2.05, 4.69) is 0 Å². The normalized spacial score (nSPS) is 13.1. The monoisotopic (exact) mass is 392 g/mol. The molecule has 1 aromatic carbocycles. The minimum atomic E-state index is -4.23. The van der Waals surface area contributed by atoms with Crippen molar-refractivity contribution in [1.82, 2.24) is 0 Å². The minimum absolute atomic E-state index is 0.0110. The molecule has 0 amide bonds. The number of carbonyl (C=O) groups is 1. The van der Waals surface area contributed by atoms with Crippen molar-refractivity contribution >= 4 is 16.1 Å². The molecule has 7 nitrogen and oxygen atoms in total. The molecule has 0 saturated carbocycles. The molecule has 0 fully saturated rings. The minimum Gasteiger partial charge on any atom is -0.462 e. The average molecular weight is 392 g/mol. The third kappa shape index (κ3) is 8.11. The molecule has 0 bridgehead atoms. The molecule has 148 valence electrons. The Labute approximate surface area is 153 Å². The fourth-order valence-electron chi connectivity index (χ4n) is 1.82. The number of halogens is 1. The number of rotatable bonds is 10. The van der Waals surface area contributed by atoms with E-state index >= 15 is 0 Å². The molecular formula is C17H25FO7S. The Morgan fingerprint density at radius 1 is 1.23 bits per heavy atom. The zero-order valence-corrected chi connectivity index (χ0v) is 16.1. The van der Waals surface area contributed by atoms with Crippen molar-refractivity contribution in [3.05, 3.63) is 29.6 Å². The summed E-state index contributed by atoms with van der Waals surface area (Å²) in [6.07, 6.45) is -0.697. The van der Waals surface area contributed by atoms with Gasteiger partial charge in [0.25, 0.3) is 10.1 Å². The van der Waals surface area contributed by atoms with E-state index in [1.165, 1.54) is 12.1 Å². The van der Waals surface area contributed by atoms with Gasteiger partial charge in [0.05, 0.1) is 12.2 Å². The van der Waals surface area contributed by atoms with E-state index in [9.17, 15) is 17.6 Å². The van der Waals surface area contributed by atoms with Crippen molar-refractivity contribution in [1.29, 1.82) is 0 Å². The first kappa shape index (κ1) is 22.3. The van der Waals surface area contributed by atoms with Crippen molar-refractivity contribution < 1.29 is 36.4 Å². The first-order valence-electron chi connectivity index (χ1n) is 8.19. The SMILES string of the molecule is CC(C)COC(Oc1cc(C(=O)OCCS(=O)(=O)O)ccc1F)C(C)C. The van der Waals surface area contributed by atoms with Crippen molar-refractivity contribution in [3.8, 4) is 5.75 Å². The van der Waals surface area contributed by atoms with Gasteiger partial charge in [-0.05, 0) is 24.1 Å². The van der Waals surface area contributed by atoms with Gasteiger partial charge in [0.2, 0.25) is 6.29 Å². The topological polar surface area (TPSA) is 99.1 Å². The number of ether oxygens (including phenoxy) is 3. The smallest absolute Gasteiger partial charge is 0.338 e. The standard InChI is InChI=1S/C17H25FO7S/c1-11(2)10-24-17(12(3)4)25-15-9-13(5-6-14(15)18)16(19)23-7-8-26(20,21)22/h5-6,9,11-12,17H,7-8,10H2,1-4H3,(H,20,21,22). The lowest BCUT2D eigenvalue weighted by molar-refractivity contribution is -0.116. The molecule has 1 unspecified atom stereocenters. The van der Waals surface area contributed by atoms with Crippen LogP contribution in [0.5, 0.6) is 5.75 Å². The summed E-state index contributed by atoms with van der Waals surface area (Å²) in [5.74, 6) is -2.20. The van der Waals surface area contributed by atoms with Crippen LogP contribution in [0.3, 0.4) is 0 Å². The Morgan fingerprint density at radius 2 is 1.88 bits per heavy atom. The van der Waals surface area contributed by atoms with Crippen LogP contribution in [0.2, 0.25) is 0 Å². The fraction of sp³-hybridized carbons (Fsp3) is 0.588. The van der Waals surface area contributed by atoms with Crippen LogP contribution in [-0.4, -0.2) is 44.2 Å². The van der Waals surface area contributed by atoms with E-state index in [4.69, 9.17) is 18.8 Å². The first-order chi connectivity index (χ1) is 12.0. The molecule has 0 aliphatic carbocycles. The molecule has 0 radical (unpaired) electrons. The molecule has 0 aromatic heterocycles. The number of carbonyl (C=O) groups excluding carboxylic acids is 1. The lowest BCUT2D eigenvalue weighted by atomic mass is 10.2. The number of benzene rings is 1. The molecule has 0 aliphatic rings. The molecule has 0 saturated heterocycles. The third-order valence-electron chi connectivity index (χ3n) is 3.12. The van der Waals surface area contributed by atoms with Gasteiger partial charge >= 0.3 is 5.97 Å². The Balaban J connectivity index is 2.83. The number of hydrogen-bond donors (Lipinski definition) is 1. The maximum Gasteiger partial charge on any atom is 0.338 e. The fourth-order valence-corrected chi connectivity index (χ4v) is 2.11. The highest BCUT2D eigenvalue weighted by Gasteiger charge is 2.20. The Bertz CT molecular complexity index is 701. The van der Waals surface area contributed by atoms with Crippen molar-refractivity contribution in [2.75, 3.05) is 19.0 Å². The van der Waals surface area contributed by atoms with Crippen molar-refractivity contribution in [2.24, 2.45) is 11.8 Å². The predicted octanol–water partition coefficient (Wildman–Crippen LogP) is 2.90. The largest absolute Gasteiger partial charge is 0.462 e. The molecule has 1 atom stereocenters. The lowest BCUT2D eigenvalue weighted by Crippen LogP contribution is -2.28. The van der Waals surface area contributed by atoms with Crippen LogP contribution < -0.4 is 4.74 Å². The molecule has 0 spiro atoms. The van der Waals surface area contributed by atoms with Gasteiger partial charge in [-0.15, -0.1) is 0 Å². The Hall–Kier alpha value is -1.71. The summed E-state index contributed by atoms with van der Waals surface area (Å²) < 4.78 is 59.8. The molecule has 0 heterocycles. The second kappa shape index (κ2) is 9.84. The maximum atomic E-state index is 14.0.